The zero-order chi connectivity index (χ0) is 6.99. The second-order valence-electron chi connectivity index (χ2n) is 0.760. The molecule has 0 spiro atoms. The Morgan fingerprint density at radius 2 is 1.50 bits per heavy atom. The zero-order valence-electron chi connectivity index (χ0n) is 4.15. The topological polar surface area (TPSA) is 26.0 Å². The molecule has 0 saturated heterocycles. The summed E-state index contributed by atoms with van der Waals surface area (Å²) < 4.78 is -0.750. The van der Waals surface area contributed by atoms with E-state index >= 15 is 0 Å². The van der Waals surface area contributed by atoms with E-state index in [-0.39, 0.29) is 0 Å². The highest BCUT2D eigenvalue weighted by atomic mass is 35.6. The highest BCUT2D eigenvalue weighted by Crippen LogP contribution is 2.03. The molecule has 0 aromatic carbocycles. The van der Waals surface area contributed by atoms with Gasteiger partial charge in [0.05, 0.1) is 0 Å². The molecule has 0 fully saturated rings. The first-order chi connectivity index (χ1) is 3.65. The van der Waals surface area contributed by atoms with Crippen LogP contribution in [0.2, 0.25) is 0 Å². The van der Waals surface area contributed by atoms with E-state index in [1.165, 1.54) is 0 Å². The van der Waals surface area contributed by atoms with Crippen molar-refractivity contribution in [2.75, 3.05) is 12.3 Å². The highest BCUT2D eigenvalue weighted by Gasteiger charge is 1.78. The van der Waals surface area contributed by atoms with E-state index in [1.807, 2.05) is 0 Å². The van der Waals surface area contributed by atoms with Crippen LogP contribution < -0.4 is 5.73 Å². The number of rotatable bonds is 1. The Balaban J connectivity index is 0. The Hall–Kier alpha value is 1.18. The summed E-state index contributed by atoms with van der Waals surface area (Å²) >= 11 is 18.2. The molecular formula is C3H8Cl3NS. The fourth-order valence-corrected chi connectivity index (χ4v) is 0. The molecule has 0 heterocycles. The van der Waals surface area contributed by atoms with Gasteiger partial charge < -0.3 is 5.73 Å². The van der Waals surface area contributed by atoms with E-state index in [1.54, 1.807) is 0 Å². The quantitative estimate of drug-likeness (QED) is 0.486. The lowest BCUT2D eigenvalue weighted by atomic mass is 10.8. The molecule has 0 aromatic heterocycles. The number of hydrogen-bond acceptors (Lipinski definition) is 2. The van der Waals surface area contributed by atoms with Gasteiger partial charge in [-0.15, -0.1) is 0 Å². The molecule has 5 heteroatoms. The third kappa shape index (κ3) is 57.7. The molecule has 0 bridgehead atoms. The van der Waals surface area contributed by atoms with E-state index < -0.39 is 4.30 Å². The van der Waals surface area contributed by atoms with Crippen LogP contribution in [-0.2, 0) is 0 Å². The SMILES string of the molecule is ClC(Cl)Cl.NCCS. The average Bonchev–Trinajstić information content (AvgIpc) is 1.65. The van der Waals surface area contributed by atoms with Gasteiger partial charge in [0, 0.05) is 12.3 Å². The fourth-order valence-electron chi connectivity index (χ4n) is 0. The van der Waals surface area contributed by atoms with Gasteiger partial charge in [-0.25, -0.2) is 0 Å². The standard InChI is InChI=1S/C2H7NS.CHCl3/c3-1-2-4;2-1(3)4/h4H,1-3H2;1H. The fraction of sp³-hybridized carbons (Fsp3) is 1.00. The lowest BCUT2D eigenvalue weighted by molar-refractivity contribution is 1.16. The maximum absolute atomic E-state index is 4.95. The minimum atomic E-state index is -0.750. The maximum atomic E-state index is 4.95. The summed E-state index contributed by atoms with van der Waals surface area (Å²) in [5, 5.41) is 0. The third-order valence-corrected chi connectivity index (χ3v) is 0.387. The van der Waals surface area contributed by atoms with Crippen LogP contribution in [0.25, 0.3) is 0 Å². The highest BCUT2D eigenvalue weighted by molar-refractivity contribution is 7.80. The Morgan fingerprint density at radius 1 is 1.38 bits per heavy atom. The van der Waals surface area contributed by atoms with Crippen molar-refractivity contribution in [1.29, 1.82) is 0 Å². The molecule has 0 radical (unpaired) electrons. The van der Waals surface area contributed by atoms with Crippen molar-refractivity contribution in [3.63, 3.8) is 0 Å². The van der Waals surface area contributed by atoms with Gasteiger partial charge in [0.15, 0.2) is 4.30 Å². The first kappa shape index (κ1) is 11.9. The first-order valence-electron chi connectivity index (χ1n) is 1.88. The van der Waals surface area contributed by atoms with Gasteiger partial charge in [-0.1, -0.05) is 34.8 Å². The molecule has 52 valence electrons. The number of halogens is 3. The molecule has 0 aliphatic rings. The van der Waals surface area contributed by atoms with E-state index in [0.29, 0.717) is 6.54 Å². The maximum Gasteiger partial charge on any atom is 0.180 e. The van der Waals surface area contributed by atoms with Gasteiger partial charge in [0.1, 0.15) is 0 Å². The van der Waals surface area contributed by atoms with Gasteiger partial charge in [-0.05, 0) is 0 Å². The smallest absolute Gasteiger partial charge is 0.180 e. The van der Waals surface area contributed by atoms with E-state index in [2.05, 4.69) is 12.6 Å². The van der Waals surface area contributed by atoms with Crippen LogP contribution in [0.3, 0.4) is 0 Å². The zero-order valence-corrected chi connectivity index (χ0v) is 7.31. The predicted octanol–water partition coefficient (Wildman–Crippen LogP) is 1.86. The molecule has 2 N–H and O–H groups in total. The van der Waals surface area contributed by atoms with E-state index in [0.717, 1.165) is 5.75 Å². The van der Waals surface area contributed by atoms with Crippen LogP contribution in [0, 0.1) is 0 Å². The van der Waals surface area contributed by atoms with Crippen molar-refractivity contribution in [2.45, 2.75) is 4.30 Å². The number of nitrogens with two attached hydrogens (primary N) is 1. The summed E-state index contributed by atoms with van der Waals surface area (Å²) in [6.45, 7) is 0.684. The van der Waals surface area contributed by atoms with E-state index in [4.69, 9.17) is 40.5 Å². The minimum Gasteiger partial charge on any atom is -0.330 e. The van der Waals surface area contributed by atoms with Crippen LogP contribution in [0.1, 0.15) is 0 Å². The third-order valence-electron chi connectivity index (χ3n) is 0.129. The second kappa shape index (κ2) is 11.0. The van der Waals surface area contributed by atoms with Crippen LogP contribution in [0.15, 0.2) is 0 Å². The average molecular weight is 197 g/mol. The Kier molecular flexibility index (Phi) is 16.4. The minimum absolute atomic E-state index is 0.684. The molecule has 0 saturated carbocycles. The molecule has 0 unspecified atom stereocenters. The van der Waals surface area contributed by atoms with Crippen LogP contribution in [0.4, 0.5) is 0 Å². The molecule has 0 aromatic rings. The molecule has 0 rings (SSSR count). The van der Waals surface area contributed by atoms with Crippen molar-refractivity contribution in [2.24, 2.45) is 5.73 Å². The molecule has 0 aliphatic carbocycles. The van der Waals surface area contributed by atoms with Crippen molar-refractivity contribution in [3.8, 4) is 0 Å². The molecule has 1 nitrogen and oxygen atoms in total. The van der Waals surface area contributed by atoms with Crippen LogP contribution in [-0.4, -0.2) is 16.6 Å². The van der Waals surface area contributed by atoms with Gasteiger partial charge in [-0.2, -0.15) is 12.6 Å². The molecule has 0 amide bonds. The summed E-state index contributed by atoms with van der Waals surface area (Å²) in [6, 6.07) is 0. The summed E-state index contributed by atoms with van der Waals surface area (Å²) in [4.78, 5) is 0. The molecule has 0 atom stereocenters. The van der Waals surface area contributed by atoms with Gasteiger partial charge >= 0.3 is 0 Å². The Bertz CT molecular complexity index is 31.0. The normalized spacial score (nSPS) is 8.25. The first-order valence-corrected chi connectivity index (χ1v) is 3.82. The number of hydrogen-bond donors (Lipinski definition) is 2. The summed E-state index contributed by atoms with van der Waals surface area (Å²) in [5.41, 5.74) is 4.95. The molecule has 8 heavy (non-hydrogen) atoms. The summed E-state index contributed by atoms with van der Waals surface area (Å²) in [7, 11) is 0. The van der Waals surface area contributed by atoms with E-state index in [9.17, 15) is 0 Å². The lowest BCUT2D eigenvalue weighted by Crippen LogP contribution is -1.97. The predicted molar refractivity (Wildman–Crippen MR) is 44.3 cm³/mol. The van der Waals surface area contributed by atoms with Gasteiger partial charge in [-0.3, -0.25) is 0 Å². The van der Waals surface area contributed by atoms with Crippen molar-refractivity contribution in [3.05, 3.63) is 0 Å². The van der Waals surface area contributed by atoms with Crippen molar-refractivity contribution >= 4 is 47.4 Å². The summed E-state index contributed by atoms with van der Waals surface area (Å²) in [6.07, 6.45) is 0. The number of thiol groups is 1. The molecular weight excluding hydrogens is 188 g/mol. The van der Waals surface area contributed by atoms with Crippen molar-refractivity contribution < 1.29 is 0 Å². The lowest BCUT2D eigenvalue weighted by Gasteiger charge is -1.69. The second-order valence-corrected chi connectivity index (χ2v) is 3.19. The van der Waals surface area contributed by atoms with Gasteiger partial charge in [0.2, 0.25) is 0 Å². The van der Waals surface area contributed by atoms with Crippen LogP contribution >= 0.6 is 47.4 Å². The largest absolute Gasteiger partial charge is 0.330 e. The van der Waals surface area contributed by atoms with Gasteiger partial charge in [0.25, 0.3) is 0 Å². The Morgan fingerprint density at radius 3 is 1.50 bits per heavy atom. The molecule has 0 aliphatic heterocycles. The monoisotopic (exact) mass is 195 g/mol. The summed E-state index contributed by atoms with van der Waals surface area (Å²) in [5.74, 6) is 0.792. The van der Waals surface area contributed by atoms with Crippen molar-refractivity contribution in [1.82, 2.24) is 0 Å². The Labute approximate surface area is 69.9 Å². The van der Waals surface area contributed by atoms with Crippen LogP contribution in [0.5, 0.6) is 0 Å². The number of alkyl halides is 3.